The molecule has 0 radical (unpaired) electrons. The van der Waals surface area contributed by atoms with Crippen molar-refractivity contribution in [2.75, 3.05) is 27.4 Å². The normalized spacial score (nSPS) is 10.7. The molecule has 2 aromatic heterocycles. The van der Waals surface area contributed by atoms with E-state index in [9.17, 15) is 4.79 Å². The van der Waals surface area contributed by atoms with Gasteiger partial charge in [-0.05, 0) is 37.3 Å². The molecule has 0 bridgehead atoms. The Morgan fingerprint density at radius 1 is 1.08 bits per heavy atom. The van der Waals surface area contributed by atoms with Crippen LogP contribution in [0, 0.1) is 6.92 Å². The highest BCUT2D eigenvalue weighted by atomic mass is 16.5. The molecule has 0 N–H and O–H groups in total. The molecule has 0 unspecified atom stereocenters. The number of hydrogen-bond acceptors (Lipinski definition) is 6. The van der Waals surface area contributed by atoms with Crippen LogP contribution in [-0.4, -0.2) is 43.4 Å². The van der Waals surface area contributed by atoms with Crippen molar-refractivity contribution in [1.82, 2.24) is 9.97 Å². The van der Waals surface area contributed by atoms with Crippen molar-refractivity contribution in [3.05, 3.63) is 53.9 Å². The van der Waals surface area contributed by atoms with E-state index < -0.39 is 5.97 Å². The first-order valence-electron chi connectivity index (χ1n) is 8.20. The third-order valence-corrected chi connectivity index (χ3v) is 3.93. The van der Waals surface area contributed by atoms with Gasteiger partial charge < -0.3 is 14.2 Å². The number of nitrogens with zero attached hydrogens (tertiary/aromatic N) is 2. The SMILES string of the molecule is COCCOc1cc(-c2ccnc(C)c2)nc2cc(C(=O)OC)ccc12. The molecule has 3 aromatic rings. The van der Waals surface area contributed by atoms with Crippen LogP contribution < -0.4 is 4.74 Å². The summed E-state index contributed by atoms with van der Waals surface area (Å²) in [7, 11) is 2.98. The molecule has 6 nitrogen and oxygen atoms in total. The number of carbonyl (C=O) groups excluding carboxylic acids is 1. The second kappa shape index (κ2) is 7.93. The van der Waals surface area contributed by atoms with Crippen molar-refractivity contribution in [1.29, 1.82) is 0 Å². The lowest BCUT2D eigenvalue weighted by Gasteiger charge is -2.12. The van der Waals surface area contributed by atoms with Crippen LogP contribution in [0.5, 0.6) is 5.75 Å². The van der Waals surface area contributed by atoms with Crippen LogP contribution in [0.15, 0.2) is 42.6 Å². The molecule has 26 heavy (non-hydrogen) atoms. The smallest absolute Gasteiger partial charge is 0.337 e. The predicted molar refractivity (Wildman–Crippen MR) is 98.4 cm³/mol. The number of carbonyl (C=O) groups is 1. The van der Waals surface area contributed by atoms with Crippen LogP contribution in [0.2, 0.25) is 0 Å². The molecule has 0 aliphatic rings. The standard InChI is InChI=1S/C20H20N2O4/c1-13-10-14(6-7-21-13)17-12-19(26-9-8-24-2)16-5-4-15(20(23)25-3)11-18(16)22-17/h4-7,10-12H,8-9H2,1-3H3. The quantitative estimate of drug-likeness (QED) is 0.500. The molecule has 1 aromatic carbocycles. The molecular formula is C20H20N2O4. The summed E-state index contributed by atoms with van der Waals surface area (Å²) in [6, 6.07) is 11.0. The molecule has 0 fully saturated rings. The summed E-state index contributed by atoms with van der Waals surface area (Å²) >= 11 is 0. The van der Waals surface area contributed by atoms with Crippen molar-refractivity contribution in [3.63, 3.8) is 0 Å². The van der Waals surface area contributed by atoms with Gasteiger partial charge in [-0.3, -0.25) is 4.98 Å². The van der Waals surface area contributed by atoms with E-state index in [0.717, 1.165) is 22.3 Å². The van der Waals surface area contributed by atoms with E-state index >= 15 is 0 Å². The fraction of sp³-hybridized carbons (Fsp3) is 0.250. The Morgan fingerprint density at radius 3 is 2.65 bits per heavy atom. The van der Waals surface area contributed by atoms with Crippen LogP contribution >= 0.6 is 0 Å². The zero-order chi connectivity index (χ0) is 18.5. The Labute approximate surface area is 151 Å². The highest BCUT2D eigenvalue weighted by Crippen LogP contribution is 2.31. The fourth-order valence-corrected chi connectivity index (χ4v) is 2.65. The van der Waals surface area contributed by atoms with E-state index in [-0.39, 0.29) is 0 Å². The average Bonchev–Trinajstić information content (AvgIpc) is 2.66. The Bertz CT molecular complexity index is 940. The second-order valence-corrected chi connectivity index (χ2v) is 5.76. The highest BCUT2D eigenvalue weighted by molar-refractivity contribution is 5.96. The van der Waals surface area contributed by atoms with E-state index in [2.05, 4.69) is 4.98 Å². The maximum Gasteiger partial charge on any atom is 0.337 e. The van der Waals surface area contributed by atoms with Gasteiger partial charge in [0.1, 0.15) is 12.4 Å². The fourth-order valence-electron chi connectivity index (χ4n) is 2.65. The summed E-state index contributed by atoms with van der Waals surface area (Å²) in [6.07, 6.45) is 1.74. The Hall–Kier alpha value is -2.99. The van der Waals surface area contributed by atoms with Gasteiger partial charge in [0.25, 0.3) is 0 Å². The highest BCUT2D eigenvalue weighted by Gasteiger charge is 2.13. The van der Waals surface area contributed by atoms with E-state index in [1.54, 1.807) is 25.4 Å². The van der Waals surface area contributed by atoms with Gasteiger partial charge in [0.2, 0.25) is 0 Å². The summed E-state index contributed by atoms with van der Waals surface area (Å²) in [4.78, 5) is 20.8. The van der Waals surface area contributed by atoms with Gasteiger partial charge in [-0.25, -0.2) is 9.78 Å². The molecule has 134 valence electrons. The second-order valence-electron chi connectivity index (χ2n) is 5.76. The van der Waals surface area contributed by atoms with Gasteiger partial charge in [-0.15, -0.1) is 0 Å². The lowest BCUT2D eigenvalue weighted by Crippen LogP contribution is -2.06. The molecule has 0 spiro atoms. The van der Waals surface area contributed by atoms with Crippen LogP contribution in [0.1, 0.15) is 16.1 Å². The molecule has 3 rings (SSSR count). The summed E-state index contributed by atoms with van der Waals surface area (Å²) in [5, 5.41) is 0.822. The van der Waals surface area contributed by atoms with Crippen molar-refractivity contribution in [2.45, 2.75) is 6.92 Å². The van der Waals surface area contributed by atoms with E-state index in [1.807, 2.05) is 31.2 Å². The molecule has 6 heteroatoms. The number of aryl methyl sites for hydroxylation is 1. The van der Waals surface area contributed by atoms with Crippen molar-refractivity contribution < 1.29 is 19.0 Å². The van der Waals surface area contributed by atoms with Crippen LogP contribution in [0.4, 0.5) is 0 Å². The van der Waals surface area contributed by atoms with Crippen molar-refractivity contribution in [2.24, 2.45) is 0 Å². The summed E-state index contributed by atoms with van der Waals surface area (Å²) < 4.78 is 15.7. The molecule has 0 saturated heterocycles. The van der Waals surface area contributed by atoms with Gasteiger partial charge in [0.15, 0.2) is 0 Å². The topological polar surface area (TPSA) is 70.5 Å². The molecule has 0 atom stereocenters. The lowest BCUT2D eigenvalue weighted by atomic mass is 10.1. The zero-order valence-corrected chi connectivity index (χ0v) is 15.0. The molecule has 0 aliphatic carbocycles. The minimum atomic E-state index is -0.402. The molecule has 0 amide bonds. The minimum absolute atomic E-state index is 0.402. The van der Waals surface area contributed by atoms with Crippen molar-refractivity contribution in [3.8, 4) is 17.0 Å². The summed E-state index contributed by atoms with van der Waals surface area (Å²) in [6.45, 7) is 2.83. The number of fused-ring (bicyclic) bond motifs is 1. The molecule has 0 saturated carbocycles. The third-order valence-electron chi connectivity index (χ3n) is 3.93. The number of pyridine rings is 2. The Kier molecular flexibility index (Phi) is 5.43. The number of aromatic nitrogens is 2. The zero-order valence-electron chi connectivity index (χ0n) is 15.0. The number of methoxy groups -OCH3 is 2. The van der Waals surface area contributed by atoms with E-state index in [4.69, 9.17) is 19.2 Å². The molecule has 0 aliphatic heterocycles. The monoisotopic (exact) mass is 352 g/mol. The summed E-state index contributed by atoms with van der Waals surface area (Å²) in [5.41, 5.74) is 3.68. The van der Waals surface area contributed by atoms with E-state index in [1.165, 1.54) is 7.11 Å². The maximum atomic E-state index is 11.8. The molecular weight excluding hydrogens is 332 g/mol. The van der Waals surface area contributed by atoms with Crippen LogP contribution in [0.25, 0.3) is 22.2 Å². The Balaban J connectivity index is 2.13. The maximum absolute atomic E-state index is 11.8. The largest absolute Gasteiger partial charge is 0.490 e. The number of ether oxygens (including phenoxy) is 3. The number of hydrogen-bond donors (Lipinski definition) is 0. The average molecular weight is 352 g/mol. The number of benzene rings is 1. The lowest BCUT2D eigenvalue weighted by molar-refractivity contribution is 0.0601. The first-order chi connectivity index (χ1) is 12.6. The van der Waals surface area contributed by atoms with Gasteiger partial charge in [-0.1, -0.05) is 0 Å². The predicted octanol–water partition coefficient (Wildman–Crippen LogP) is 3.42. The first kappa shape index (κ1) is 17.8. The molecule has 2 heterocycles. The third kappa shape index (κ3) is 3.81. The summed E-state index contributed by atoms with van der Waals surface area (Å²) in [5.74, 6) is 0.286. The van der Waals surface area contributed by atoms with Crippen molar-refractivity contribution >= 4 is 16.9 Å². The van der Waals surface area contributed by atoms with Gasteiger partial charge >= 0.3 is 5.97 Å². The minimum Gasteiger partial charge on any atom is -0.490 e. The first-order valence-corrected chi connectivity index (χ1v) is 8.20. The van der Waals surface area contributed by atoms with Crippen LogP contribution in [0.3, 0.4) is 0 Å². The number of rotatable bonds is 6. The van der Waals surface area contributed by atoms with Crippen LogP contribution in [-0.2, 0) is 9.47 Å². The van der Waals surface area contributed by atoms with E-state index in [0.29, 0.717) is 30.0 Å². The van der Waals surface area contributed by atoms with Gasteiger partial charge in [0, 0.05) is 36.0 Å². The Morgan fingerprint density at radius 2 is 1.92 bits per heavy atom. The number of esters is 1. The van der Waals surface area contributed by atoms with Gasteiger partial charge in [-0.2, -0.15) is 0 Å². The van der Waals surface area contributed by atoms with Gasteiger partial charge in [0.05, 0.1) is 30.5 Å².